The topological polar surface area (TPSA) is 94.8 Å². The third-order valence-electron chi connectivity index (χ3n) is 6.53. The highest BCUT2D eigenvalue weighted by molar-refractivity contribution is 7.99. The number of aromatic nitrogens is 2. The smallest absolute Gasteiger partial charge is 0.267 e. The maximum atomic E-state index is 13.9. The quantitative estimate of drug-likeness (QED) is 0.128. The molecule has 2 heterocycles. The molecular weight excluding hydrogens is 532 g/mol. The maximum absolute atomic E-state index is 13.9. The molecule has 202 valence electrons. The Kier molecular flexibility index (Phi) is 8.33. The van der Waals surface area contributed by atoms with E-state index in [9.17, 15) is 9.59 Å². The zero-order valence-corrected chi connectivity index (χ0v) is 23.8. The average molecular weight is 563 g/mol. The van der Waals surface area contributed by atoms with Crippen LogP contribution in [0, 0.1) is 0 Å². The van der Waals surface area contributed by atoms with Gasteiger partial charge in [-0.05, 0) is 81.5 Å². The summed E-state index contributed by atoms with van der Waals surface area (Å²) < 4.78 is 12.5. The van der Waals surface area contributed by atoms with E-state index >= 15 is 0 Å². The van der Waals surface area contributed by atoms with Crippen LogP contribution in [-0.4, -0.2) is 40.6 Å². The molecule has 0 atom stereocenters. The Balaban J connectivity index is 1.43. The Labute approximate surface area is 235 Å². The molecule has 0 unspecified atom stereocenters. The normalized spacial score (nSPS) is 13.3. The minimum atomic E-state index is -0.291. The summed E-state index contributed by atoms with van der Waals surface area (Å²) in [4.78, 5) is 33.6. The molecule has 0 fully saturated rings. The fraction of sp³-hybridized carbons (Fsp3) is 0.310. The molecule has 8 nitrogen and oxygen atoms in total. The Bertz CT molecular complexity index is 1590. The fourth-order valence-corrected chi connectivity index (χ4v) is 6.70. The highest BCUT2D eigenvalue weighted by Gasteiger charge is 2.23. The summed E-state index contributed by atoms with van der Waals surface area (Å²) in [6.45, 7) is 4.31. The van der Waals surface area contributed by atoms with Gasteiger partial charge in [0.15, 0.2) is 5.16 Å². The Morgan fingerprint density at radius 3 is 2.72 bits per heavy atom. The first-order valence-corrected chi connectivity index (χ1v) is 14.7. The van der Waals surface area contributed by atoms with Gasteiger partial charge in [0.2, 0.25) is 0 Å². The summed E-state index contributed by atoms with van der Waals surface area (Å²) >= 11 is 2.82. The molecule has 0 radical (unpaired) electrons. The van der Waals surface area contributed by atoms with E-state index < -0.39 is 0 Å². The highest BCUT2D eigenvalue weighted by Crippen LogP contribution is 2.35. The van der Waals surface area contributed by atoms with Gasteiger partial charge >= 0.3 is 0 Å². The molecule has 2 aromatic heterocycles. The standard InChI is InChI=1S/C29H30N4O4S2/c1-4-37-21-14-12-20(13-15-21)33-28(35)26-23-10-5-6-11-24(23)39-27(26)30-29(33)38-17-25(34)32-31-18(2)19-8-7-9-22(16-19)36-3/h7-9,12-16H,4-6,10-11,17H2,1-3H3,(H,32,34). The van der Waals surface area contributed by atoms with E-state index in [0.717, 1.165) is 47.4 Å². The van der Waals surface area contributed by atoms with E-state index in [2.05, 4.69) is 10.5 Å². The summed E-state index contributed by atoms with van der Waals surface area (Å²) in [5.74, 6) is 1.21. The largest absolute Gasteiger partial charge is 0.497 e. The molecule has 0 aliphatic heterocycles. The Morgan fingerprint density at radius 2 is 1.95 bits per heavy atom. The zero-order valence-electron chi connectivity index (χ0n) is 22.2. The minimum absolute atomic E-state index is 0.0506. The van der Waals surface area contributed by atoms with Gasteiger partial charge in [-0.15, -0.1) is 11.3 Å². The van der Waals surface area contributed by atoms with Crippen molar-refractivity contribution in [3.8, 4) is 17.2 Å². The van der Waals surface area contributed by atoms with Crippen LogP contribution < -0.4 is 20.5 Å². The molecule has 4 aromatic rings. The third kappa shape index (κ3) is 5.86. The number of rotatable bonds is 9. The number of nitrogens with one attached hydrogen (secondary N) is 1. The first-order valence-electron chi connectivity index (χ1n) is 12.9. The van der Waals surface area contributed by atoms with Gasteiger partial charge in [-0.2, -0.15) is 5.10 Å². The summed E-state index contributed by atoms with van der Waals surface area (Å²) in [5.41, 5.74) is 5.84. The van der Waals surface area contributed by atoms with Gasteiger partial charge in [0.25, 0.3) is 11.5 Å². The number of hydrogen-bond donors (Lipinski definition) is 1. The van der Waals surface area contributed by atoms with Crippen molar-refractivity contribution in [2.45, 2.75) is 44.7 Å². The molecule has 0 saturated carbocycles. The van der Waals surface area contributed by atoms with Crippen molar-refractivity contribution < 1.29 is 14.3 Å². The van der Waals surface area contributed by atoms with E-state index in [0.29, 0.717) is 34.3 Å². The van der Waals surface area contributed by atoms with Gasteiger partial charge in [-0.25, -0.2) is 10.4 Å². The number of fused-ring (bicyclic) bond motifs is 3. The average Bonchev–Trinajstić information content (AvgIpc) is 3.34. The first kappa shape index (κ1) is 27.0. The van der Waals surface area contributed by atoms with Crippen LogP contribution in [-0.2, 0) is 17.6 Å². The lowest BCUT2D eigenvalue weighted by molar-refractivity contribution is -0.118. The third-order valence-corrected chi connectivity index (χ3v) is 8.66. The maximum Gasteiger partial charge on any atom is 0.267 e. The van der Waals surface area contributed by atoms with Crippen LogP contribution in [0.25, 0.3) is 15.9 Å². The minimum Gasteiger partial charge on any atom is -0.497 e. The molecule has 2 aromatic carbocycles. The van der Waals surface area contributed by atoms with Crippen LogP contribution in [0.2, 0.25) is 0 Å². The van der Waals surface area contributed by atoms with E-state index in [1.54, 1.807) is 23.0 Å². The molecule has 1 amide bonds. The number of aryl methyl sites for hydroxylation is 2. The Hall–Kier alpha value is -3.63. The number of methoxy groups -OCH3 is 1. The van der Waals surface area contributed by atoms with Crippen LogP contribution >= 0.6 is 23.1 Å². The van der Waals surface area contributed by atoms with Crippen LogP contribution in [0.5, 0.6) is 11.5 Å². The molecule has 0 bridgehead atoms. The number of thioether (sulfide) groups is 1. The molecule has 0 saturated heterocycles. The molecular formula is C29H30N4O4S2. The number of thiophene rings is 1. The SMILES string of the molecule is CCOc1ccc(-n2c(SCC(=O)NN=C(C)c3cccc(OC)c3)nc3sc4c(c3c2=O)CCCC4)cc1. The monoisotopic (exact) mass is 562 g/mol. The molecule has 39 heavy (non-hydrogen) atoms. The fourth-order valence-electron chi connectivity index (χ4n) is 4.59. The zero-order chi connectivity index (χ0) is 27.4. The molecule has 10 heteroatoms. The van der Waals surface area contributed by atoms with Gasteiger partial charge in [-0.1, -0.05) is 23.9 Å². The van der Waals surface area contributed by atoms with Gasteiger partial charge in [0.1, 0.15) is 16.3 Å². The van der Waals surface area contributed by atoms with E-state index in [1.165, 1.54) is 16.6 Å². The number of nitrogens with zero attached hydrogens (tertiary/aromatic N) is 3. The highest BCUT2D eigenvalue weighted by atomic mass is 32.2. The second-order valence-electron chi connectivity index (χ2n) is 9.11. The number of carbonyl (C=O) groups is 1. The summed E-state index contributed by atoms with van der Waals surface area (Å²) in [7, 11) is 1.61. The molecule has 5 rings (SSSR count). The van der Waals surface area contributed by atoms with Crippen LogP contribution in [0.1, 0.15) is 42.7 Å². The molecule has 1 N–H and O–H groups in total. The predicted octanol–water partition coefficient (Wildman–Crippen LogP) is 5.37. The van der Waals surface area contributed by atoms with Crippen molar-refractivity contribution in [3.63, 3.8) is 0 Å². The van der Waals surface area contributed by atoms with Crippen LogP contribution in [0.15, 0.2) is 63.6 Å². The van der Waals surface area contributed by atoms with Crippen LogP contribution in [0.4, 0.5) is 0 Å². The number of amides is 1. The van der Waals surface area contributed by atoms with Gasteiger partial charge in [0.05, 0.1) is 36.3 Å². The number of hydrazone groups is 1. The van der Waals surface area contributed by atoms with Crippen LogP contribution in [0.3, 0.4) is 0 Å². The molecule has 1 aliphatic rings. The van der Waals surface area contributed by atoms with Crippen molar-refractivity contribution in [3.05, 3.63) is 74.9 Å². The lowest BCUT2D eigenvalue weighted by Gasteiger charge is -2.14. The molecule has 0 spiro atoms. The number of carbonyl (C=O) groups excluding carboxylic acids is 1. The second kappa shape index (κ2) is 12.0. The number of ether oxygens (including phenoxy) is 2. The summed E-state index contributed by atoms with van der Waals surface area (Å²) in [5, 5.41) is 5.42. The van der Waals surface area contributed by atoms with E-state index in [-0.39, 0.29) is 17.2 Å². The van der Waals surface area contributed by atoms with Gasteiger partial charge in [0, 0.05) is 10.4 Å². The van der Waals surface area contributed by atoms with Crippen molar-refractivity contribution in [2.75, 3.05) is 19.5 Å². The van der Waals surface area contributed by atoms with E-state index in [1.807, 2.05) is 62.4 Å². The second-order valence-corrected chi connectivity index (χ2v) is 11.1. The number of hydrogen-bond acceptors (Lipinski definition) is 8. The Morgan fingerprint density at radius 1 is 1.15 bits per heavy atom. The van der Waals surface area contributed by atoms with E-state index in [4.69, 9.17) is 14.5 Å². The van der Waals surface area contributed by atoms with Gasteiger partial charge < -0.3 is 9.47 Å². The predicted molar refractivity (Wildman–Crippen MR) is 157 cm³/mol. The van der Waals surface area contributed by atoms with Crippen molar-refractivity contribution in [1.82, 2.24) is 15.0 Å². The van der Waals surface area contributed by atoms with Crippen molar-refractivity contribution in [2.24, 2.45) is 5.10 Å². The van der Waals surface area contributed by atoms with Crippen molar-refractivity contribution >= 4 is 44.9 Å². The first-order chi connectivity index (χ1) is 19.0. The lowest BCUT2D eigenvalue weighted by atomic mass is 9.97. The van der Waals surface area contributed by atoms with Gasteiger partial charge in [-0.3, -0.25) is 14.2 Å². The summed E-state index contributed by atoms with van der Waals surface area (Å²) in [6, 6.07) is 14.9. The summed E-state index contributed by atoms with van der Waals surface area (Å²) in [6.07, 6.45) is 4.08. The lowest BCUT2D eigenvalue weighted by Crippen LogP contribution is -2.24. The van der Waals surface area contributed by atoms with Crippen molar-refractivity contribution in [1.29, 1.82) is 0 Å². The number of benzene rings is 2. The molecule has 1 aliphatic carbocycles.